The lowest BCUT2D eigenvalue weighted by atomic mass is 10.2. The number of nitrogens with one attached hydrogen (secondary N) is 2. The molecular formula is C13H19N3O4S. The molecule has 1 aliphatic heterocycles. The van der Waals surface area contributed by atoms with Crippen LogP contribution in [0.5, 0.6) is 0 Å². The fourth-order valence-electron chi connectivity index (χ4n) is 1.98. The smallest absolute Gasteiger partial charge is 0.249 e. The number of pyridine rings is 1. The van der Waals surface area contributed by atoms with Gasteiger partial charge in [-0.3, -0.25) is 9.78 Å². The number of rotatable bonds is 7. The molecule has 1 atom stereocenters. The first-order valence-electron chi connectivity index (χ1n) is 6.82. The van der Waals surface area contributed by atoms with E-state index in [9.17, 15) is 13.2 Å². The Morgan fingerprint density at radius 2 is 2.33 bits per heavy atom. The summed E-state index contributed by atoms with van der Waals surface area (Å²) in [6.45, 7) is 0.847. The number of hydrogen-bond acceptors (Lipinski definition) is 5. The van der Waals surface area contributed by atoms with Crippen molar-refractivity contribution in [2.45, 2.75) is 25.5 Å². The number of amides is 1. The van der Waals surface area contributed by atoms with Crippen molar-refractivity contribution < 1.29 is 17.9 Å². The zero-order chi connectivity index (χ0) is 15.1. The second-order valence-electron chi connectivity index (χ2n) is 4.79. The Hall–Kier alpha value is -1.51. The first kappa shape index (κ1) is 15.9. The zero-order valence-electron chi connectivity index (χ0n) is 11.6. The summed E-state index contributed by atoms with van der Waals surface area (Å²) in [5.41, 5.74) is 0.782. The van der Waals surface area contributed by atoms with E-state index in [-0.39, 0.29) is 24.7 Å². The van der Waals surface area contributed by atoms with Gasteiger partial charge in [0.05, 0.1) is 5.75 Å². The van der Waals surface area contributed by atoms with Crippen molar-refractivity contribution in [2.75, 3.05) is 18.9 Å². The molecule has 1 saturated heterocycles. The van der Waals surface area contributed by atoms with Gasteiger partial charge in [-0.05, 0) is 24.5 Å². The maximum Gasteiger partial charge on any atom is 0.249 e. The monoisotopic (exact) mass is 313 g/mol. The summed E-state index contributed by atoms with van der Waals surface area (Å²) in [7, 11) is -3.43. The number of aromatic nitrogens is 1. The standard InChI is InChI=1S/C13H19N3O4S/c17-13(12-4-2-7-20-12)15-6-8-21(18,19)16-10-11-3-1-5-14-9-11/h1,3,5,9,12,16H,2,4,6-8,10H2,(H,15,17). The van der Waals surface area contributed by atoms with E-state index in [1.54, 1.807) is 24.5 Å². The van der Waals surface area contributed by atoms with E-state index in [1.807, 2.05) is 0 Å². The highest BCUT2D eigenvalue weighted by Crippen LogP contribution is 2.11. The van der Waals surface area contributed by atoms with E-state index in [0.29, 0.717) is 13.0 Å². The molecule has 0 aliphatic carbocycles. The Bertz CT molecular complexity index is 556. The Labute approximate surface area is 124 Å². The van der Waals surface area contributed by atoms with Gasteiger partial charge in [0.1, 0.15) is 6.10 Å². The van der Waals surface area contributed by atoms with E-state index in [1.165, 1.54) is 0 Å². The van der Waals surface area contributed by atoms with E-state index in [2.05, 4.69) is 15.0 Å². The van der Waals surface area contributed by atoms with Crippen molar-refractivity contribution in [2.24, 2.45) is 0 Å². The maximum absolute atomic E-state index is 11.8. The summed E-state index contributed by atoms with van der Waals surface area (Å²) < 4.78 is 31.3. The molecule has 1 fully saturated rings. The van der Waals surface area contributed by atoms with Crippen molar-refractivity contribution in [3.05, 3.63) is 30.1 Å². The highest BCUT2D eigenvalue weighted by atomic mass is 32.2. The summed E-state index contributed by atoms with van der Waals surface area (Å²) in [6, 6.07) is 3.53. The van der Waals surface area contributed by atoms with Gasteiger partial charge in [0.2, 0.25) is 15.9 Å². The van der Waals surface area contributed by atoms with Crippen LogP contribution in [0, 0.1) is 0 Å². The predicted octanol–water partition coefficient (Wildman–Crippen LogP) is -0.204. The fourth-order valence-corrected chi connectivity index (χ4v) is 2.88. The third kappa shape index (κ3) is 5.41. The van der Waals surface area contributed by atoms with Gasteiger partial charge < -0.3 is 10.1 Å². The molecule has 2 N–H and O–H groups in total. The predicted molar refractivity (Wildman–Crippen MR) is 76.8 cm³/mol. The number of carbonyl (C=O) groups excluding carboxylic acids is 1. The number of carbonyl (C=O) groups is 1. The molecule has 2 heterocycles. The molecule has 1 aromatic rings. The Balaban J connectivity index is 1.70. The van der Waals surface area contributed by atoms with Crippen molar-refractivity contribution in [1.29, 1.82) is 0 Å². The molecule has 1 aliphatic rings. The van der Waals surface area contributed by atoms with E-state index in [4.69, 9.17) is 4.74 Å². The first-order chi connectivity index (χ1) is 10.1. The van der Waals surface area contributed by atoms with Crippen LogP contribution in [0.4, 0.5) is 0 Å². The number of nitrogens with zero attached hydrogens (tertiary/aromatic N) is 1. The lowest BCUT2D eigenvalue weighted by molar-refractivity contribution is -0.129. The Morgan fingerprint density at radius 1 is 1.48 bits per heavy atom. The van der Waals surface area contributed by atoms with Crippen LogP contribution < -0.4 is 10.0 Å². The topological polar surface area (TPSA) is 97.4 Å². The summed E-state index contributed by atoms with van der Waals surface area (Å²) >= 11 is 0. The minimum absolute atomic E-state index is 0.0705. The highest BCUT2D eigenvalue weighted by Gasteiger charge is 2.23. The fraction of sp³-hybridized carbons (Fsp3) is 0.538. The zero-order valence-corrected chi connectivity index (χ0v) is 12.4. The highest BCUT2D eigenvalue weighted by molar-refractivity contribution is 7.89. The third-order valence-corrected chi connectivity index (χ3v) is 4.44. The van der Waals surface area contributed by atoms with Crippen LogP contribution in [0.25, 0.3) is 0 Å². The second kappa shape index (κ2) is 7.48. The number of hydrogen-bond donors (Lipinski definition) is 2. The lowest BCUT2D eigenvalue weighted by Gasteiger charge is -2.11. The molecule has 8 heteroatoms. The molecule has 0 aromatic carbocycles. The molecule has 0 radical (unpaired) electrons. The van der Waals surface area contributed by atoms with Crippen LogP contribution >= 0.6 is 0 Å². The summed E-state index contributed by atoms with van der Waals surface area (Å²) in [4.78, 5) is 15.6. The average molecular weight is 313 g/mol. The molecule has 7 nitrogen and oxygen atoms in total. The molecule has 21 heavy (non-hydrogen) atoms. The van der Waals surface area contributed by atoms with Gasteiger partial charge >= 0.3 is 0 Å². The minimum Gasteiger partial charge on any atom is -0.368 e. The summed E-state index contributed by atoms with van der Waals surface area (Å²) in [5, 5.41) is 2.58. The van der Waals surface area contributed by atoms with Gasteiger partial charge in [-0.15, -0.1) is 0 Å². The van der Waals surface area contributed by atoms with Gasteiger partial charge in [0, 0.05) is 32.1 Å². The molecule has 0 saturated carbocycles. The quantitative estimate of drug-likeness (QED) is 0.726. The van der Waals surface area contributed by atoms with Gasteiger partial charge in [-0.2, -0.15) is 0 Å². The number of sulfonamides is 1. The SMILES string of the molecule is O=C(NCCS(=O)(=O)NCc1cccnc1)C1CCCO1. The summed E-state index contributed by atoms with van der Waals surface area (Å²) in [6.07, 6.45) is 4.34. The lowest BCUT2D eigenvalue weighted by Crippen LogP contribution is -2.38. The van der Waals surface area contributed by atoms with Crippen LogP contribution in [-0.2, 0) is 26.1 Å². The van der Waals surface area contributed by atoms with Crippen LogP contribution in [0.2, 0.25) is 0 Å². The van der Waals surface area contributed by atoms with Crippen molar-refractivity contribution in [1.82, 2.24) is 15.0 Å². The second-order valence-corrected chi connectivity index (χ2v) is 6.72. The third-order valence-electron chi connectivity index (χ3n) is 3.11. The molecule has 1 amide bonds. The van der Waals surface area contributed by atoms with Crippen LogP contribution in [0.15, 0.2) is 24.5 Å². The van der Waals surface area contributed by atoms with Gasteiger partial charge in [-0.25, -0.2) is 13.1 Å². The average Bonchev–Trinajstić information content (AvgIpc) is 3.00. The molecule has 0 bridgehead atoms. The van der Waals surface area contributed by atoms with Crippen molar-refractivity contribution in [3.8, 4) is 0 Å². The van der Waals surface area contributed by atoms with E-state index in [0.717, 1.165) is 12.0 Å². The Kier molecular flexibility index (Phi) is 5.66. The van der Waals surface area contributed by atoms with Gasteiger partial charge in [0.25, 0.3) is 0 Å². The number of ether oxygens (including phenoxy) is 1. The maximum atomic E-state index is 11.8. The molecular weight excluding hydrogens is 294 g/mol. The van der Waals surface area contributed by atoms with Crippen LogP contribution in [-0.4, -0.2) is 44.3 Å². The molecule has 1 unspecified atom stereocenters. The van der Waals surface area contributed by atoms with E-state index >= 15 is 0 Å². The minimum atomic E-state index is -3.43. The molecule has 0 spiro atoms. The van der Waals surface area contributed by atoms with Crippen molar-refractivity contribution in [3.63, 3.8) is 0 Å². The van der Waals surface area contributed by atoms with Crippen LogP contribution in [0.1, 0.15) is 18.4 Å². The van der Waals surface area contributed by atoms with Crippen molar-refractivity contribution >= 4 is 15.9 Å². The molecule has 116 valence electrons. The van der Waals surface area contributed by atoms with Gasteiger partial charge in [-0.1, -0.05) is 6.07 Å². The van der Waals surface area contributed by atoms with E-state index < -0.39 is 16.1 Å². The van der Waals surface area contributed by atoms with Crippen LogP contribution in [0.3, 0.4) is 0 Å². The molecule has 1 aromatic heterocycles. The van der Waals surface area contributed by atoms with Gasteiger partial charge in [0.15, 0.2) is 0 Å². The normalized spacial score (nSPS) is 18.6. The first-order valence-corrected chi connectivity index (χ1v) is 8.47. The largest absolute Gasteiger partial charge is 0.368 e. The summed E-state index contributed by atoms with van der Waals surface area (Å²) in [5.74, 6) is -0.402. The molecule has 2 rings (SSSR count). The Morgan fingerprint density at radius 3 is 3.00 bits per heavy atom.